The van der Waals surface area contributed by atoms with Crippen molar-refractivity contribution in [1.29, 1.82) is 10.8 Å². The highest BCUT2D eigenvalue weighted by molar-refractivity contribution is 5.90. The topological polar surface area (TPSA) is 82.2 Å². The summed E-state index contributed by atoms with van der Waals surface area (Å²) in [5.41, 5.74) is -0.608. The molecule has 0 aromatic carbocycles. The maximum absolute atomic E-state index is 13.3. The summed E-state index contributed by atoms with van der Waals surface area (Å²) in [6, 6.07) is 1.95. The number of hydrogen-bond acceptors (Lipinski definition) is 4. The maximum atomic E-state index is 13.3. The van der Waals surface area contributed by atoms with Gasteiger partial charge in [0.1, 0.15) is 22.7 Å². The van der Waals surface area contributed by atoms with Gasteiger partial charge in [0, 0.05) is 12.7 Å². The van der Waals surface area contributed by atoms with Gasteiger partial charge in [0.05, 0.1) is 6.04 Å². The number of hydrogen-bond donors (Lipinski definition) is 2. The Bertz CT molecular complexity index is 633. The molecule has 0 spiro atoms. The zero-order chi connectivity index (χ0) is 15.8. The number of rotatable bonds is 1. The van der Waals surface area contributed by atoms with Gasteiger partial charge in [0.25, 0.3) is 0 Å². The molecule has 1 amide bonds. The van der Waals surface area contributed by atoms with Crippen LogP contribution in [0.4, 0.5) is 9.18 Å². The van der Waals surface area contributed by atoms with Crippen LogP contribution in [-0.4, -0.2) is 39.6 Å². The normalized spacial score (nSPS) is 18.1. The summed E-state index contributed by atoms with van der Waals surface area (Å²) in [6.45, 7) is 5.81. The first-order valence-electron chi connectivity index (χ1n) is 6.70. The SMILES string of the molecule is CC(C)(C)OC(=O)N1CC[C@H]1C(=N)n1cc(F)ccc1=N. The zero-order valence-corrected chi connectivity index (χ0v) is 12.3. The van der Waals surface area contributed by atoms with Crippen molar-refractivity contribution in [2.45, 2.75) is 38.8 Å². The molecule has 2 N–H and O–H groups in total. The molecule has 1 aromatic rings. The number of pyridine rings is 1. The van der Waals surface area contributed by atoms with Crippen LogP contribution in [0.3, 0.4) is 0 Å². The lowest BCUT2D eigenvalue weighted by molar-refractivity contribution is 0.00497. The van der Waals surface area contributed by atoms with Crippen molar-refractivity contribution in [1.82, 2.24) is 9.47 Å². The molecule has 0 saturated carbocycles. The fourth-order valence-electron chi connectivity index (χ4n) is 2.05. The fraction of sp³-hybridized carbons (Fsp3) is 0.500. The van der Waals surface area contributed by atoms with Gasteiger partial charge in [0.15, 0.2) is 0 Å². The van der Waals surface area contributed by atoms with Gasteiger partial charge >= 0.3 is 6.09 Å². The lowest BCUT2D eigenvalue weighted by Gasteiger charge is -2.41. The van der Waals surface area contributed by atoms with Crippen LogP contribution in [0, 0.1) is 16.6 Å². The highest BCUT2D eigenvalue weighted by Crippen LogP contribution is 2.22. The molecular formula is C14H19FN4O2. The van der Waals surface area contributed by atoms with E-state index in [0.29, 0.717) is 13.0 Å². The van der Waals surface area contributed by atoms with Crippen molar-refractivity contribution in [3.8, 4) is 0 Å². The summed E-state index contributed by atoms with van der Waals surface area (Å²) in [4.78, 5) is 13.4. The molecule has 1 saturated heterocycles. The maximum Gasteiger partial charge on any atom is 0.410 e. The van der Waals surface area contributed by atoms with Crippen LogP contribution in [-0.2, 0) is 4.74 Å². The average Bonchev–Trinajstić information content (AvgIpc) is 2.28. The number of nitrogens with zero attached hydrogens (tertiary/aromatic N) is 2. The molecule has 0 bridgehead atoms. The van der Waals surface area contributed by atoms with E-state index in [9.17, 15) is 9.18 Å². The lowest BCUT2D eigenvalue weighted by Crippen LogP contribution is -2.58. The van der Waals surface area contributed by atoms with Gasteiger partial charge in [-0.3, -0.25) is 20.3 Å². The number of aromatic nitrogens is 1. The molecular weight excluding hydrogens is 275 g/mol. The van der Waals surface area contributed by atoms with E-state index in [1.54, 1.807) is 20.8 Å². The van der Waals surface area contributed by atoms with Crippen molar-refractivity contribution in [2.24, 2.45) is 0 Å². The van der Waals surface area contributed by atoms with Crippen LogP contribution >= 0.6 is 0 Å². The van der Waals surface area contributed by atoms with E-state index in [1.165, 1.54) is 17.0 Å². The molecule has 2 heterocycles. The number of halogens is 1. The van der Waals surface area contributed by atoms with Crippen LogP contribution in [0.25, 0.3) is 0 Å². The number of ether oxygens (including phenoxy) is 1. The highest BCUT2D eigenvalue weighted by Gasteiger charge is 2.38. The Balaban J connectivity index is 2.15. The average molecular weight is 294 g/mol. The number of carbonyl (C=O) groups is 1. The van der Waals surface area contributed by atoms with Crippen molar-refractivity contribution in [2.75, 3.05) is 6.54 Å². The molecule has 0 radical (unpaired) electrons. The zero-order valence-electron chi connectivity index (χ0n) is 12.3. The van der Waals surface area contributed by atoms with Gasteiger partial charge in [-0.1, -0.05) is 0 Å². The monoisotopic (exact) mass is 294 g/mol. The number of carbonyl (C=O) groups excluding carboxylic acids is 1. The Morgan fingerprint density at radius 2 is 2.10 bits per heavy atom. The van der Waals surface area contributed by atoms with Gasteiger partial charge in [-0.25, -0.2) is 9.18 Å². The van der Waals surface area contributed by atoms with Crippen LogP contribution in [0.1, 0.15) is 27.2 Å². The number of nitrogens with one attached hydrogen (secondary N) is 2. The molecule has 0 aliphatic carbocycles. The summed E-state index contributed by atoms with van der Waals surface area (Å²) >= 11 is 0. The van der Waals surface area contributed by atoms with Crippen LogP contribution in [0.5, 0.6) is 0 Å². The Morgan fingerprint density at radius 1 is 1.43 bits per heavy atom. The largest absolute Gasteiger partial charge is 0.444 e. The second-order valence-corrected chi connectivity index (χ2v) is 5.97. The van der Waals surface area contributed by atoms with E-state index in [2.05, 4.69) is 0 Å². The van der Waals surface area contributed by atoms with Crippen molar-refractivity contribution in [3.05, 3.63) is 29.6 Å². The summed E-state index contributed by atoms with van der Waals surface area (Å²) < 4.78 is 19.7. The second kappa shape index (κ2) is 5.31. The van der Waals surface area contributed by atoms with E-state index < -0.39 is 23.6 Å². The predicted molar refractivity (Wildman–Crippen MR) is 74.7 cm³/mol. The van der Waals surface area contributed by atoms with E-state index >= 15 is 0 Å². The van der Waals surface area contributed by atoms with Crippen LogP contribution in [0.15, 0.2) is 18.3 Å². The highest BCUT2D eigenvalue weighted by atomic mass is 19.1. The molecule has 1 aliphatic heterocycles. The Kier molecular flexibility index (Phi) is 3.85. The van der Waals surface area contributed by atoms with E-state index in [-0.39, 0.29) is 11.3 Å². The molecule has 6 nitrogen and oxygen atoms in total. The molecule has 21 heavy (non-hydrogen) atoms. The fourth-order valence-corrected chi connectivity index (χ4v) is 2.05. The quantitative estimate of drug-likeness (QED) is 0.613. The Morgan fingerprint density at radius 3 is 2.62 bits per heavy atom. The minimum atomic E-state index is -0.605. The predicted octanol–water partition coefficient (Wildman–Crippen LogP) is 1.94. The summed E-state index contributed by atoms with van der Waals surface area (Å²) in [5, 5.41) is 15.8. The third kappa shape index (κ3) is 3.29. The third-order valence-corrected chi connectivity index (χ3v) is 3.14. The first-order valence-corrected chi connectivity index (χ1v) is 6.70. The molecule has 1 atom stereocenters. The summed E-state index contributed by atoms with van der Waals surface area (Å²) in [6.07, 6.45) is 1.18. The summed E-state index contributed by atoms with van der Waals surface area (Å²) in [5.74, 6) is -0.532. The van der Waals surface area contributed by atoms with E-state index in [0.717, 1.165) is 10.8 Å². The van der Waals surface area contributed by atoms with Crippen molar-refractivity contribution >= 4 is 11.9 Å². The second-order valence-electron chi connectivity index (χ2n) is 5.97. The Labute approximate surface area is 122 Å². The smallest absolute Gasteiger partial charge is 0.410 e. The van der Waals surface area contributed by atoms with Gasteiger partial charge in [-0.15, -0.1) is 0 Å². The minimum absolute atomic E-state index is 0.00237. The molecule has 1 aromatic heterocycles. The minimum Gasteiger partial charge on any atom is -0.444 e. The molecule has 1 fully saturated rings. The van der Waals surface area contributed by atoms with Crippen molar-refractivity contribution < 1.29 is 13.9 Å². The van der Waals surface area contributed by atoms with E-state index in [4.69, 9.17) is 15.6 Å². The first-order chi connectivity index (χ1) is 9.69. The van der Waals surface area contributed by atoms with Gasteiger partial charge in [-0.05, 0) is 39.3 Å². The molecule has 0 unspecified atom stereocenters. The van der Waals surface area contributed by atoms with Crippen LogP contribution < -0.4 is 5.49 Å². The van der Waals surface area contributed by atoms with Gasteiger partial charge in [0.2, 0.25) is 0 Å². The standard InChI is InChI=1S/C14H19FN4O2/c1-14(2,3)21-13(20)18-7-6-10(18)12(17)19-8-9(15)4-5-11(19)16/h4-5,8,10,16-17H,6-7H2,1-3H3/t10-/m0/s1. The molecule has 1 aliphatic rings. The lowest BCUT2D eigenvalue weighted by atomic mass is 10.0. The number of amides is 1. The van der Waals surface area contributed by atoms with Gasteiger partial charge < -0.3 is 4.74 Å². The molecule has 114 valence electrons. The number of likely N-dealkylation sites (tertiary alicyclic amines) is 1. The summed E-state index contributed by atoms with van der Waals surface area (Å²) in [7, 11) is 0. The molecule has 7 heteroatoms. The van der Waals surface area contributed by atoms with E-state index in [1.807, 2.05) is 0 Å². The van der Waals surface area contributed by atoms with Gasteiger partial charge in [-0.2, -0.15) is 0 Å². The van der Waals surface area contributed by atoms with Crippen molar-refractivity contribution in [3.63, 3.8) is 0 Å². The molecule has 2 rings (SSSR count). The Hall–Kier alpha value is -2.18. The van der Waals surface area contributed by atoms with Crippen LogP contribution in [0.2, 0.25) is 0 Å². The first kappa shape index (κ1) is 15.2. The third-order valence-electron chi connectivity index (χ3n) is 3.14.